The Bertz CT molecular complexity index is 471. The molecule has 0 aliphatic carbocycles. The smallest absolute Gasteiger partial charge is 0.253 e. The molecule has 116 valence electrons. The van der Waals surface area contributed by atoms with E-state index in [2.05, 4.69) is 5.32 Å². The molecule has 1 amide bonds. The highest BCUT2D eigenvalue weighted by Crippen LogP contribution is 2.13. The summed E-state index contributed by atoms with van der Waals surface area (Å²) < 4.78 is 11.0. The number of amides is 1. The number of carbonyl (C=O) groups excluding carboxylic acids is 1. The standard InChI is InChI=1S/C16H24N2O3/c1-12-5-6-15(17)14(10-12)16(19)18-7-3-8-20-11-13-4-2-9-21-13/h5-6,10,13H,2-4,7-9,11,17H2,1H3,(H,18,19). The third-order valence-electron chi connectivity index (χ3n) is 3.53. The Hall–Kier alpha value is -1.59. The Labute approximate surface area is 125 Å². The van der Waals surface area contributed by atoms with E-state index in [9.17, 15) is 4.79 Å². The fourth-order valence-electron chi connectivity index (χ4n) is 2.33. The van der Waals surface area contributed by atoms with Crippen molar-refractivity contribution in [3.8, 4) is 0 Å². The number of aryl methyl sites for hydroxylation is 1. The summed E-state index contributed by atoms with van der Waals surface area (Å²) in [4.78, 5) is 12.0. The number of benzene rings is 1. The predicted octanol–water partition coefficient (Wildman–Crippen LogP) is 1.89. The molecule has 0 bridgehead atoms. The van der Waals surface area contributed by atoms with Gasteiger partial charge >= 0.3 is 0 Å². The average Bonchev–Trinajstić information content (AvgIpc) is 2.98. The molecule has 0 saturated carbocycles. The minimum atomic E-state index is -0.129. The van der Waals surface area contributed by atoms with Crippen molar-refractivity contribution in [2.24, 2.45) is 0 Å². The zero-order valence-electron chi connectivity index (χ0n) is 12.6. The van der Waals surface area contributed by atoms with Crippen LogP contribution in [0.25, 0.3) is 0 Å². The summed E-state index contributed by atoms with van der Waals surface area (Å²) in [6.45, 7) is 4.65. The zero-order chi connectivity index (χ0) is 15.1. The van der Waals surface area contributed by atoms with E-state index in [0.717, 1.165) is 31.4 Å². The van der Waals surface area contributed by atoms with Gasteiger partial charge in [0, 0.05) is 25.4 Å². The lowest BCUT2D eigenvalue weighted by molar-refractivity contribution is 0.0166. The summed E-state index contributed by atoms with van der Waals surface area (Å²) in [6, 6.07) is 5.46. The van der Waals surface area contributed by atoms with Gasteiger partial charge < -0.3 is 20.5 Å². The molecule has 1 fully saturated rings. The van der Waals surface area contributed by atoms with Crippen LogP contribution in [0, 0.1) is 6.92 Å². The molecule has 0 radical (unpaired) electrons. The van der Waals surface area contributed by atoms with E-state index in [1.807, 2.05) is 13.0 Å². The van der Waals surface area contributed by atoms with Gasteiger partial charge in [0.15, 0.2) is 0 Å². The van der Waals surface area contributed by atoms with Gasteiger partial charge in [0.25, 0.3) is 5.91 Å². The molecule has 1 aliphatic rings. The predicted molar refractivity (Wildman–Crippen MR) is 82.3 cm³/mol. The Balaban J connectivity index is 1.61. The molecule has 0 spiro atoms. The van der Waals surface area contributed by atoms with Gasteiger partial charge in [-0.15, -0.1) is 0 Å². The number of hydrogen-bond acceptors (Lipinski definition) is 4. The fraction of sp³-hybridized carbons (Fsp3) is 0.562. The van der Waals surface area contributed by atoms with E-state index in [1.54, 1.807) is 12.1 Å². The van der Waals surface area contributed by atoms with Crippen LogP contribution < -0.4 is 11.1 Å². The molecule has 1 aromatic carbocycles. The van der Waals surface area contributed by atoms with Crippen LogP contribution in [0.4, 0.5) is 5.69 Å². The van der Waals surface area contributed by atoms with E-state index >= 15 is 0 Å². The molecule has 1 aromatic rings. The van der Waals surface area contributed by atoms with Crippen molar-refractivity contribution in [3.05, 3.63) is 29.3 Å². The monoisotopic (exact) mass is 292 g/mol. The maximum absolute atomic E-state index is 12.0. The Morgan fingerprint density at radius 2 is 2.38 bits per heavy atom. The number of anilines is 1. The third-order valence-corrected chi connectivity index (χ3v) is 3.53. The average molecular weight is 292 g/mol. The summed E-state index contributed by atoms with van der Waals surface area (Å²) >= 11 is 0. The minimum absolute atomic E-state index is 0.129. The van der Waals surface area contributed by atoms with Gasteiger partial charge in [0.1, 0.15) is 0 Å². The van der Waals surface area contributed by atoms with E-state index < -0.39 is 0 Å². The van der Waals surface area contributed by atoms with Gasteiger partial charge in [-0.3, -0.25) is 4.79 Å². The molecule has 5 nitrogen and oxygen atoms in total. The molecule has 0 aromatic heterocycles. The second kappa shape index (κ2) is 8.00. The number of nitrogens with two attached hydrogens (primary N) is 1. The second-order valence-electron chi connectivity index (χ2n) is 5.41. The fourth-order valence-corrected chi connectivity index (χ4v) is 2.33. The van der Waals surface area contributed by atoms with Gasteiger partial charge in [0.2, 0.25) is 0 Å². The first-order chi connectivity index (χ1) is 10.2. The van der Waals surface area contributed by atoms with Crippen molar-refractivity contribution in [2.75, 3.05) is 32.1 Å². The summed E-state index contributed by atoms with van der Waals surface area (Å²) in [7, 11) is 0. The highest BCUT2D eigenvalue weighted by atomic mass is 16.5. The third kappa shape index (κ3) is 5.02. The van der Waals surface area contributed by atoms with Crippen LogP contribution in [0.2, 0.25) is 0 Å². The molecule has 1 saturated heterocycles. The maximum atomic E-state index is 12.0. The number of ether oxygens (including phenoxy) is 2. The van der Waals surface area contributed by atoms with Crippen molar-refractivity contribution in [3.63, 3.8) is 0 Å². The summed E-state index contributed by atoms with van der Waals surface area (Å²) in [5.74, 6) is -0.129. The minimum Gasteiger partial charge on any atom is -0.398 e. The van der Waals surface area contributed by atoms with E-state index in [4.69, 9.17) is 15.2 Å². The van der Waals surface area contributed by atoms with E-state index in [0.29, 0.717) is 31.0 Å². The van der Waals surface area contributed by atoms with Crippen molar-refractivity contribution in [1.29, 1.82) is 0 Å². The van der Waals surface area contributed by atoms with Crippen molar-refractivity contribution >= 4 is 11.6 Å². The summed E-state index contributed by atoms with van der Waals surface area (Å²) in [5.41, 5.74) is 7.88. The van der Waals surface area contributed by atoms with Crippen LogP contribution >= 0.6 is 0 Å². The normalized spacial score (nSPS) is 17.9. The Morgan fingerprint density at radius 1 is 1.52 bits per heavy atom. The van der Waals surface area contributed by atoms with Crippen molar-refractivity contribution in [2.45, 2.75) is 32.3 Å². The topological polar surface area (TPSA) is 73.6 Å². The molecule has 1 unspecified atom stereocenters. The number of nitrogens with one attached hydrogen (secondary N) is 1. The van der Waals surface area contributed by atoms with Crippen LogP contribution in [0.1, 0.15) is 35.2 Å². The maximum Gasteiger partial charge on any atom is 0.253 e. The Morgan fingerprint density at radius 3 is 3.14 bits per heavy atom. The summed E-state index contributed by atoms with van der Waals surface area (Å²) in [5, 5.41) is 2.87. The molecule has 5 heteroatoms. The van der Waals surface area contributed by atoms with E-state index in [1.165, 1.54) is 0 Å². The molecule has 3 N–H and O–H groups in total. The van der Waals surface area contributed by atoms with Gasteiger partial charge in [-0.05, 0) is 38.3 Å². The summed E-state index contributed by atoms with van der Waals surface area (Å²) in [6.07, 6.45) is 3.25. The Kier molecular flexibility index (Phi) is 6.02. The van der Waals surface area contributed by atoms with E-state index in [-0.39, 0.29) is 12.0 Å². The first-order valence-corrected chi connectivity index (χ1v) is 7.50. The highest BCUT2D eigenvalue weighted by molar-refractivity contribution is 5.99. The molecule has 1 aliphatic heterocycles. The lowest BCUT2D eigenvalue weighted by Gasteiger charge is -2.11. The lowest BCUT2D eigenvalue weighted by Crippen LogP contribution is -2.26. The molecular formula is C16H24N2O3. The van der Waals surface area contributed by atoms with Gasteiger partial charge in [-0.2, -0.15) is 0 Å². The molecule has 21 heavy (non-hydrogen) atoms. The largest absolute Gasteiger partial charge is 0.398 e. The highest BCUT2D eigenvalue weighted by Gasteiger charge is 2.15. The van der Waals surface area contributed by atoms with Crippen LogP contribution in [0.15, 0.2) is 18.2 Å². The SMILES string of the molecule is Cc1ccc(N)c(C(=O)NCCCOCC2CCCO2)c1. The van der Waals surface area contributed by atoms with Gasteiger partial charge in [-0.1, -0.05) is 11.6 Å². The number of nitrogen functional groups attached to an aromatic ring is 1. The van der Waals surface area contributed by atoms with Crippen LogP contribution in [0.5, 0.6) is 0 Å². The first-order valence-electron chi connectivity index (χ1n) is 7.50. The molecule has 2 rings (SSSR count). The van der Waals surface area contributed by atoms with Crippen LogP contribution in [0.3, 0.4) is 0 Å². The number of rotatable bonds is 7. The molecule has 1 heterocycles. The van der Waals surface area contributed by atoms with Gasteiger partial charge in [0.05, 0.1) is 18.3 Å². The second-order valence-corrected chi connectivity index (χ2v) is 5.41. The van der Waals surface area contributed by atoms with Crippen LogP contribution in [-0.4, -0.2) is 38.4 Å². The molecular weight excluding hydrogens is 268 g/mol. The number of carbonyl (C=O) groups is 1. The number of hydrogen-bond donors (Lipinski definition) is 2. The van der Waals surface area contributed by atoms with Crippen molar-refractivity contribution < 1.29 is 14.3 Å². The van der Waals surface area contributed by atoms with Gasteiger partial charge in [-0.25, -0.2) is 0 Å². The molecule has 1 atom stereocenters. The first kappa shape index (κ1) is 15.8. The van der Waals surface area contributed by atoms with Crippen molar-refractivity contribution in [1.82, 2.24) is 5.32 Å². The lowest BCUT2D eigenvalue weighted by atomic mass is 10.1. The quantitative estimate of drug-likeness (QED) is 0.594. The zero-order valence-corrected chi connectivity index (χ0v) is 12.6. The van der Waals surface area contributed by atoms with Crippen LogP contribution in [-0.2, 0) is 9.47 Å².